The molecule has 0 unspecified atom stereocenters. The van der Waals surface area contributed by atoms with Crippen LogP contribution < -0.4 is 9.47 Å². The Hall–Kier alpha value is -2.64. The lowest BCUT2D eigenvalue weighted by Crippen LogP contribution is -2.42. The van der Waals surface area contributed by atoms with Gasteiger partial charge in [-0.25, -0.2) is 8.42 Å². The molecule has 0 N–H and O–H groups in total. The molecule has 14 heteroatoms. The lowest BCUT2D eigenvalue weighted by molar-refractivity contribution is -0.290. The Kier molecular flexibility index (Phi) is 7.84. The monoisotopic (exact) mass is 583 g/mol. The van der Waals surface area contributed by atoms with Crippen molar-refractivity contribution in [2.45, 2.75) is 49.0 Å². The molecule has 2 aromatic rings. The zero-order chi connectivity index (χ0) is 27.9. The van der Waals surface area contributed by atoms with Crippen molar-refractivity contribution in [3.8, 4) is 11.5 Å². The number of amides is 1. The van der Waals surface area contributed by atoms with E-state index < -0.39 is 45.8 Å². The molecule has 38 heavy (non-hydrogen) atoms. The van der Waals surface area contributed by atoms with Gasteiger partial charge in [-0.15, -0.1) is 0 Å². The molecule has 2 aliphatic heterocycles. The first-order chi connectivity index (χ1) is 17.7. The van der Waals surface area contributed by atoms with Gasteiger partial charge in [-0.1, -0.05) is 11.6 Å². The van der Waals surface area contributed by atoms with Crippen LogP contribution in [-0.2, 0) is 27.7 Å². The van der Waals surface area contributed by atoms with Crippen LogP contribution in [0.15, 0.2) is 35.2 Å². The summed E-state index contributed by atoms with van der Waals surface area (Å²) in [5, 5.41) is 0.321. The van der Waals surface area contributed by atoms with Crippen LogP contribution in [0.2, 0.25) is 5.02 Å². The fraction of sp³-hybridized carbons (Fsp3) is 0.458. The molecule has 1 fully saturated rings. The van der Waals surface area contributed by atoms with Gasteiger partial charge in [0.15, 0.2) is 16.4 Å². The molecular formula is C24H23ClF5NO6S. The zero-order valence-electron chi connectivity index (χ0n) is 20.0. The molecule has 1 saturated heterocycles. The van der Waals surface area contributed by atoms with E-state index in [2.05, 4.69) is 0 Å². The zero-order valence-corrected chi connectivity index (χ0v) is 21.6. The lowest BCUT2D eigenvalue weighted by Gasteiger charge is -2.24. The van der Waals surface area contributed by atoms with Crippen molar-refractivity contribution in [2.75, 3.05) is 26.1 Å². The van der Waals surface area contributed by atoms with Crippen molar-refractivity contribution in [3.63, 3.8) is 0 Å². The topological polar surface area (TPSA) is 82.1 Å². The van der Waals surface area contributed by atoms with Gasteiger partial charge in [0.2, 0.25) is 0 Å². The Labute approximate surface area is 220 Å². The molecule has 2 aromatic carbocycles. The normalized spacial score (nSPS) is 16.9. The first-order valence-electron chi connectivity index (χ1n) is 11.4. The standard InChI is InChI=1S/C24H23ClF5NO6S/c1-38(33,34)17-2-3-20(36-13-23(26,27)24(28,29)30)18(10-17)22(32)31-11-14-8-19(25)21(9-15(14)12-31)37-16-4-6-35-7-5-16/h2-3,8-10,16H,4-7,11-13H2,1H3. The number of carbonyl (C=O) groups is 1. The summed E-state index contributed by atoms with van der Waals surface area (Å²) in [7, 11) is -3.84. The lowest BCUT2D eigenvalue weighted by atomic mass is 10.1. The largest absolute Gasteiger partial charge is 0.489 e. The van der Waals surface area contributed by atoms with Gasteiger partial charge in [0.05, 0.1) is 28.7 Å². The van der Waals surface area contributed by atoms with Gasteiger partial charge in [-0.2, -0.15) is 22.0 Å². The first kappa shape index (κ1) is 28.4. The molecule has 0 saturated carbocycles. The van der Waals surface area contributed by atoms with Crippen LogP contribution in [0.4, 0.5) is 22.0 Å². The third kappa shape index (κ3) is 6.15. The Morgan fingerprint density at radius 1 is 1.05 bits per heavy atom. The predicted molar refractivity (Wildman–Crippen MR) is 126 cm³/mol. The van der Waals surface area contributed by atoms with Crippen molar-refractivity contribution < 1.29 is 49.4 Å². The van der Waals surface area contributed by atoms with Crippen LogP contribution in [-0.4, -0.2) is 63.5 Å². The van der Waals surface area contributed by atoms with E-state index in [1.165, 1.54) is 4.90 Å². The number of fused-ring (bicyclic) bond motifs is 1. The molecule has 4 rings (SSSR count). The average Bonchev–Trinajstić information content (AvgIpc) is 3.24. The van der Waals surface area contributed by atoms with Gasteiger partial charge < -0.3 is 19.1 Å². The molecule has 1 amide bonds. The van der Waals surface area contributed by atoms with Crippen LogP contribution in [0.25, 0.3) is 0 Å². The smallest absolute Gasteiger partial charge is 0.456 e. The average molecular weight is 584 g/mol. The molecule has 0 aliphatic carbocycles. The highest BCUT2D eigenvalue weighted by molar-refractivity contribution is 7.90. The third-order valence-electron chi connectivity index (χ3n) is 6.16. The number of nitrogens with zero attached hydrogens (tertiary/aromatic N) is 1. The van der Waals surface area contributed by atoms with Crippen molar-refractivity contribution in [2.24, 2.45) is 0 Å². The second kappa shape index (κ2) is 10.5. The molecule has 208 valence electrons. The van der Waals surface area contributed by atoms with Crippen molar-refractivity contribution in [3.05, 3.63) is 52.0 Å². The van der Waals surface area contributed by atoms with E-state index in [1.807, 2.05) is 0 Å². The van der Waals surface area contributed by atoms with E-state index in [0.717, 1.165) is 24.5 Å². The number of halogens is 6. The summed E-state index contributed by atoms with van der Waals surface area (Å²) < 4.78 is 105. The van der Waals surface area contributed by atoms with E-state index in [0.29, 0.717) is 48.0 Å². The van der Waals surface area contributed by atoms with E-state index in [4.69, 9.17) is 25.8 Å². The second-order valence-electron chi connectivity index (χ2n) is 9.06. The molecule has 7 nitrogen and oxygen atoms in total. The van der Waals surface area contributed by atoms with Crippen LogP contribution in [0.3, 0.4) is 0 Å². The summed E-state index contributed by atoms with van der Waals surface area (Å²) in [5.74, 6) is -6.20. The van der Waals surface area contributed by atoms with Crippen LogP contribution in [0.5, 0.6) is 11.5 Å². The highest BCUT2D eigenvalue weighted by atomic mass is 35.5. The maximum atomic E-state index is 13.5. The second-order valence-corrected chi connectivity index (χ2v) is 11.5. The Morgan fingerprint density at radius 3 is 2.29 bits per heavy atom. The number of benzene rings is 2. The van der Waals surface area contributed by atoms with E-state index >= 15 is 0 Å². The maximum absolute atomic E-state index is 13.5. The summed E-state index contributed by atoms with van der Waals surface area (Å²) >= 11 is 6.38. The molecule has 2 aliphatic rings. The van der Waals surface area contributed by atoms with E-state index in [9.17, 15) is 35.2 Å². The first-order valence-corrected chi connectivity index (χ1v) is 13.7. The molecule has 0 spiro atoms. The predicted octanol–water partition coefficient (Wildman–Crippen LogP) is 5.03. The maximum Gasteiger partial charge on any atom is 0.456 e. The molecular weight excluding hydrogens is 561 g/mol. The minimum absolute atomic E-state index is 0.0344. The van der Waals surface area contributed by atoms with Gasteiger partial charge in [0, 0.05) is 32.2 Å². The Morgan fingerprint density at radius 2 is 1.68 bits per heavy atom. The number of ether oxygens (including phenoxy) is 3. The van der Waals surface area contributed by atoms with Gasteiger partial charge >= 0.3 is 12.1 Å². The number of carbonyl (C=O) groups excluding carboxylic acids is 1. The summed E-state index contributed by atoms with van der Waals surface area (Å²) in [4.78, 5) is 14.3. The summed E-state index contributed by atoms with van der Waals surface area (Å²) in [6, 6.07) is 6.07. The minimum atomic E-state index is -5.87. The van der Waals surface area contributed by atoms with E-state index in [1.54, 1.807) is 12.1 Å². The van der Waals surface area contributed by atoms with Gasteiger partial charge in [0.1, 0.15) is 17.6 Å². The SMILES string of the molecule is CS(=O)(=O)c1ccc(OCC(F)(F)C(F)(F)F)c(C(=O)N2Cc3cc(Cl)c(OC4CCOCC4)cc3C2)c1. The minimum Gasteiger partial charge on any atom is -0.489 e. The molecule has 0 aromatic heterocycles. The fourth-order valence-electron chi connectivity index (χ4n) is 4.06. The highest BCUT2D eigenvalue weighted by Gasteiger charge is 2.58. The number of hydrogen-bond donors (Lipinski definition) is 0. The quantitative estimate of drug-likeness (QED) is 0.425. The number of hydrogen-bond acceptors (Lipinski definition) is 6. The highest BCUT2D eigenvalue weighted by Crippen LogP contribution is 2.38. The van der Waals surface area contributed by atoms with Crippen LogP contribution >= 0.6 is 11.6 Å². The molecule has 0 radical (unpaired) electrons. The van der Waals surface area contributed by atoms with Gasteiger partial charge in [-0.05, 0) is 41.5 Å². The van der Waals surface area contributed by atoms with Gasteiger partial charge in [-0.3, -0.25) is 4.79 Å². The van der Waals surface area contributed by atoms with Crippen molar-refractivity contribution >= 4 is 27.3 Å². The van der Waals surface area contributed by atoms with Crippen molar-refractivity contribution in [1.82, 2.24) is 4.90 Å². The summed E-state index contributed by atoms with van der Waals surface area (Å²) in [6.45, 7) is -0.899. The Bertz CT molecular complexity index is 1330. The third-order valence-corrected chi connectivity index (χ3v) is 7.56. The molecule has 2 heterocycles. The van der Waals surface area contributed by atoms with Gasteiger partial charge in [0.25, 0.3) is 5.91 Å². The summed E-state index contributed by atoms with van der Waals surface area (Å²) in [6.07, 6.45) is -3.73. The van der Waals surface area contributed by atoms with Crippen LogP contribution in [0, 0.1) is 0 Å². The van der Waals surface area contributed by atoms with Crippen LogP contribution in [0.1, 0.15) is 34.3 Å². The molecule has 0 atom stereocenters. The number of rotatable bonds is 7. The fourth-order valence-corrected chi connectivity index (χ4v) is 4.94. The van der Waals surface area contributed by atoms with Crippen molar-refractivity contribution in [1.29, 1.82) is 0 Å². The Balaban J connectivity index is 1.58. The number of alkyl halides is 5. The molecule has 0 bridgehead atoms. The summed E-state index contributed by atoms with van der Waals surface area (Å²) in [5.41, 5.74) is 0.895. The number of sulfone groups is 1. The van der Waals surface area contributed by atoms with E-state index in [-0.39, 0.29) is 24.1 Å².